The number of carbonyl (C=O) groups is 1. The van der Waals surface area contributed by atoms with Crippen LogP contribution in [-0.2, 0) is 23.3 Å². The van der Waals surface area contributed by atoms with E-state index in [0.717, 1.165) is 0 Å². The zero-order valence-electron chi connectivity index (χ0n) is 17.2. The van der Waals surface area contributed by atoms with Crippen LogP contribution < -0.4 is 16.5 Å². The summed E-state index contributed by atoms with van der Waals surface area (Å²) in [5.41, 5.74) is 5.02. The van der Waals surface area contributed by atoms with Crippen LogP contribution in [0.2, 0.25) is 0 Å². The predicted molar refractivity (Wildman–Crippen MR) is 106 cm³/mol. The van der Waals surface area contributed by atoms with Crippen LogP contribution in [0.15, 0.2) is 17.1 Å². The van der Waals surface area contributed by atoms with Gasteiger partial charge in [-0.1, -0.05) is 6.92 Å². The molecule has 0 amide bonds. The quantitative estimate of drug-likeness (QED) is 0.387. The van der Waals surface area contributed by atoms with Crippen molar-refractivity contribution in [2.24, 2.45) is 0 Å². The molecule has 0 aliphatic carbocycles. The molecule has 160 valence electrons. The Labute approximate surface area is 166 Å². The highest BCUT2D eigenvalue weighted by Crippen LogP contribution is 2.33. The smallest absolute Gasteiger partial charge is 0.351 e. The standard InChI is InChI=1S/C17H31N4O6P/c1-7-14(27-13(5)21-9-8-15(18)19-17(21)23)10-25-28(24-6)20-12(4)16(22)26-11(2)3/h8-9,11-14,20H,7,10H2,1-6H3,(H2,18,19,23). The number of aromatic nitrogens is 2. The Morgan fingerprint density at radius 1 is 1.36 bits per heavy atom. The van der Waals surface area contributed by atoms with Gasteiger partial charge in [-0.2, -0.15) is 4.98 Å². The number of hydrogen-bond acceptors (Lipinski definition) is 9. The number of nitrogens with zero attached hydrogens (tertiary/aromatic N) is 2. The molecule has 1 aromatic rings. The van der Waals surface area contributed by atoms with Gasteiger partial charge < -0.3 is 24.3 Å². The topological polar surface area (TPSA) is 127 Å². The number of esters is 1. The highest BCUT2D eigenvalue weighted by molar-refractivity contribution is 7.45. The fourth-order valence-corrected chi connectivity index (χ4v) is 3.15. The van der Waals surface area contributed by atoms with E-state index in [1.807, 2.05) is 6.92 Å². The second kappa shape index (κ2) is 12.1. The molecule has 0 saturated heterocycles. The minimum absolute atomic E-state index is 0.158. The van der Waals surface area contributed by atoms with E-state index >= 15 is 0 Å². The second-order valence-electron chi connectivity index (χ2n) is 6.38. The van der Waals surface area contributed by atoms with Gasteiger partial charge in [-0.25, -0.2) is 9.88 Å². The number of nitrogens with two attached hydrogens (primary N) is 1. The molecule has 0 bridgehead atoms. The van der Waals surface area contributed by atoms with E-state index in [0.29, 0.717) is 6.42 Å². The molecule has 10 nitrogen and oxygen atoms in total. The molecule has 0 spiro atoms. The number of carbonyl (C=O) groups excluding carboxylic acids is 1. The lowest BCUT2D eigenvalue weighted by molar-refractivity contribution is -0.149. The third kappa shape index (κ3) is 8.20. The Morgan fingerprint density at radius 3 is 2.57 bits per heavy atom. The molecular formula is C17H31N4O6P. The average molecular weight is 418 g/mol. The fraction of sp³-hybridized carbons (Fsp3) is 0.706. The van der Waals surface area contributed by atoms with Crippen molar-refractivity contribution in [2.75, 3.05) is 19.5 Å². The maximum atomic E-state index is 11.9. The van der Waals surface area contributed by atoms with Crippen molar-refractivity contribution in [2.45, 2.75) is 65.5 Å². The fourth-order valence-electron chi connectivity index (χ4n) is 2.14. The number of nitrogens with one attached hydrogen (secondary N) is 1. The van der Waals surface area contributed by atoms with Crippen LogP contribution in [0.1, 0.15) is 47.3 Å². The average Bonchev–Trinajstić information content (AvgIpc) is 2.62. The van der Waals surface area contributed by atoms with Crippen LogP contribution >= 0.6 is 8.53 Å². The third-order valence-corrected chi connectivity index (χ3v) is 4.95. The molecule has 0 saturated carbocycles. The van der Waals surface area contributed by atoms with Crippen molar-refractivity contribution < 1.29 is 23.3 Å². The molecule has 0 aromatic carbocycles. The first kappa shape index (κ1) is 24.5. The summed E-state index contributed by atoms with van der Waals surface area (Å²) >= 11 is 0. The van der Waals surface area contributed by atoms with E-state index in [-0.39, 0.29) is 30.6 Å². The van der Waals surface area contributed by atoms with Crippen molar-refractivity contribution >= 4 is 20.3 Å². The predicted octanol–water partition coefficient (Wildman–Crippen LogP) is 1.96. The van der Waals surface area contributed by atoms with Gasteiger partial charge in [-0.05, 0) is 40.2 Å². The van der Waals surface area contributed by atoms with E-state index in [9.17, 15) is 9.59 Å². The van der Waals surface area contributed by atoms with Gasteiger partial charge in [-0.15, -0.1) is 0 Å². The summed E-state index contributed by atoms with van der Waals surface area (Å²) < 4.78 is 23.4. The Hall–Kier alpha value is -1.58. The summed E-state index contributed by atoms with van der Waals surface area (Å²) in [6, 6.07) is 0.956. The van der Waals surface area contributed by atoms with Gasteiger partial charge in [0.25, 0.3) is 8.53 Å². The first-order valence-electron chi connectivity index (χ1n) is 9.11. The summed E-state index contributed by atoms with van der Waals surface area (Å²) in [4.78, 5) is 27.5. The first-order valence-corrected chi connectivity index (χ1v) is 10.3. The second-order valence-corrected chi connectivity index (χ2v) is 7.78. The largest absolute Gasteiger partial charge is 0.462 e. The number of nitrogen functional groups attached to an aromatic ring is 1. The molecule has 0 aliphatic rings. The molecule has 0 radical (unpaired) electrons. The monoisotopic (exact) mass is 418 g/mol. The van der Waals surface area contributed by atoms with Crippen LogP contribution in [0.5, 0.6) is 0 Å². The first-order chi connectivity index (χ1) is 13.2. The minimum Gasteiger partial charge on any atom is -0.462 e. The van der Waals surface area contributed by atoms with Gasteiger partial charge in [0.05, 0.1) is 18.8 Å². The molecule has 0 aliphatic heterocycles. The highest BCUT2D eigenvalue weighted by atomic mass is 31.2. The number of rotatable bonds is 12. The van der Waals surface area contributed by atoms with Gasteiger partial charge in [0, 0.05) is 13.3 Å². The molecule has 1 rings (SSSR count). The van der Waals surface area contributed by atoms with Crippen LogP contribution in [0.3, 0.4) is 0 Å². The number of hydrogen-bond donors (Lipinski definition) is 2. The molecule has 4 unspecified atom stereocenters. The highest BCUT2D eigenvalue weighted by Gasteiger charge is 2.23. The van der Waals surface area contributed by atoms with Crippen LogP contribution in [-0.4, -0.2) is 47.5 Å². The van der Waals surface area contributed by atoms with Crippen molar-refractivity contribution in [3.63, 3.8) is 0 Å². The summed E-state index contributed by atoms with van der Waals surface area (Å²) in [5, 5.41) is 2.96. The van der Waals surface area contributed by atoms with Gasteiger partial charge in [0.2, 0.25) is 0 Å². The lowest BCUT2D eigenvalue weighted by Gasteiger charge is -2.25. The lowest BCUT2D eigenvalue weighted by Crippen LogP contribution is -2.35. The maximum absolute atomic E-state index is 11.9. The summed E-state index contributed by atoms with van der Waals surface area (Å²) in [5.74, 6) is -0.221. The van der Waals surface area contributed by atoms with Gasteiger partial charge in [-0.3, -0.25) is 9.36 Å². The zero-order chi connectivity index (χ0) is 21.3. The SMILES string of the molecule is CCC(COP(NC(C)C(=O)OC(C)C)OC)OC(C)n1ccc(N)nc1=O. The van der Waals surface area contributed by atoms with Crippen molar-refractivity contribution in [3.05, 3.63) is 22.7 Å². The van der Waals surface area contributed by atoms with Crippen LogP contribution in [0.25, 0.3) is 0 Å². The van der Waals surface area contributed by atoms with E-state index in [4.69, 9.17) is 24.3 Å². The summed E-state index contributed by atoms with van der Waals surface area (Å²) in [7, 11) is -0.0222. The minimum atomic E-state index is -1.51. The molecule has 28 heavy (non-hydrogen) atoms. The van der Waals surface area contributed by atoms with Crippen molar-refractivity contribution in [3.8, 4) is 0 Å². The summed E-state index contributed by atoms with van der Waals surface area (Å²) in [6.07, 6.45) is 1.15. The number of anilines is 1. The third-order valence-electron chi connectivity index (χ3n) is 3.64. The molecule has 11 heteroatoms. The van der Waals surface area contributed by atoms with E-state index < -0.39 is 26.5 Å². The molecular weight excluding hydrogens is 387 g/mol. The number of ether oxygens (including phenoxy) is 2. The van der Waals surface area contributed by atoms with Crippen LogP contribution in [0, 0.1) is 0 Å². The Bertz CT molecular complexity index is 671. The van der Waals surface area contributed by atoms with E-state index in [1.54, 1.807) is 27.7 Å². The van der Waals surface area contributed by atoms with Gasteiger partial charge in [0.1, 0.15) is 18.1 Å². The Kier molecular flexibility index (Phi) is 10.6. The molecule has 1 heterocycles. The summed E-state index contributed by atoms with van der Waals surface area (Å²) in [6.45, 7) is 9.15. The van der Waals surface area contributed by atoms with Gasteiger partial charge in [0.15, 0.2) is 0 Å². The van der Waals surface area contributed by atoms with Crippen molar-refractivity contribution in [1.82, 2.24) is 14.6 Å². The van der Waals surface area contributed by atoms with E-state index in [1.165, 1.54) is 23.9 Å². The zero-order valence-corrected chi connectivity index (χ0v) is 18.1. The molecule has 1 aromatic heterocycles. The Morgan fingerprint density at radius 2 is 2.04 bits per heavy atom. The molecule has 0 fully saturated rings. The van der Waals surface area contributed by atoms with Gasteiger partial charge >= 0.3 is 11.7 Å². The normalized spacial score (nSPS) is 15.8. The molecule has 3 N–H and O–H groups in total. The molecule has 4 atom stereocenters. The van der Waals surface area contributed by atoms with E-state index in [2.05, 4.69) is 10.1 Å². The maximum Gasteiger partial charge on any atom is 0.351 e. The van der Waals surface area contributed by atoms with Crippen LogP contribution in [0.4, 0.5) is 5.82 Å². The lowest BCUT2D eigenvalue weighted by atomic mass is 10.3. The Balaban J connectivity index is 2.58. The van der Waals surface area contributed by atoms with Crippen molar-refractivity contribution in [1.29, 1.82) is 0 Å².